The number of hydrogen-bond acceptors (Lipinski definition) is 3. The summed E-state index contributed by atoms with van der Waals surface area (Å²) in [4.78, 5) is 33.9. The van der Waals surface area contributed by atoms with Gasteiger partial charge < -0.3 is 15.7 Å². The number of carbonyl (C=O) groups is 3. The Hall–Kier alpha value is -1.59. The number of carboxylic acid groups (broad SMARTS) is 1. The highest BCUT2D eigenvalue weighted by Gasteiger charge is 2.29. The third-order valence-corrected chi connectivity index (χ3v) is 3.04. The standard InChI is InChI=1S/C13H22N2O4/c1-13(2,3)6-8(12(18)19)7-14-11(17)9-4-5-10(16)15-9/h8-9H,4-7H2,1-3H3,(H,14,17)(H,15,16)(H,18,19). The highest BCUT2D eigenvalue weighted by molar-refractivity contribution is 5.90. The second kappa shape index (κ2) is 6.04. The van der Waals surface area contributed by atoms with Gasteiger partial charge in [0.05, 0.1) is 5.92 Å². The second-order valence-electron chi connectivity index (χ2n) is 6.20. The van der Waals surface area contributed by atoms with E-state index in [1.165, 1.54) is 0 Å². The van der Waals surface area contributed by atoms with Gasteiger partial charge in [0.25, 0.3) is 0 Å². The van der Waals surface area contributed by atoms with Crippen LogP contribution < -0.4 is 10.6 Å². The van der Waals surface area contributed by atoms with Crippen molar-refractivity contribution in [3.05, 3.63) is 0 Å². The Morgan fingerprint density at radius 1 is 1.47 bits per heavy atom. The first-order valence-electron chi connectivity index (χ1n) is 6.49. The van der Waals surface area contributed by atoms with Crippen LogP contribution >= 0.6 is 0 Å². The molecule has 0 saturated carbocycles. The van der Waals surface area contributed by atoms with Crippen LogP contribution in [0.3, 0.4) is 0 Å². The van der Waals surface area contributed by atoms with Crippen LogP contribution in [0.2, 0.25) is 0 Å². The average molecular weight is 270 g/mol. The Morgan fingerprint density at radius 2 is 2.11 bits per heavy atom. The van der Waals surface area contributed by atoms with Crippen LogP contribution in [0.25, 0.3) is 0 Å². The van der Waals surface area contributed by atoms with Crippen molar-refractivity contribution in [3.63, 3.8) is 0 Å². The van der Waals surface area contributed by atoms with E-state index in [1.54, 1.807) is 0 Å². The van der Waals surface area contributed by atoms with Gasteiger partial charge in [0, 0.05) is 13.0 Å². The van der Waals surface area contributed by atoms with Crippen LogP contribution in [-0.4, -0.2) is 35.5 Å². The molecule has 1 fully saturated rings. The third-order valence-electron chi connectivity index (χ3n) is 3.04. The molecule has 1 aliphatic rings. The number of carbonyl (C=O) groups excluding carboxylic acids is 2. The minimum Gasteiger partial charge on any atom is -0.481 e. The summed E-state index contributed by atoms with van der Waals surface area (Å²) in [7, 11) is 0. The maximum atomic E-state index is 11.8. The molecule has 0 spiro atoms. The monoisotopic (exact) mass is 270 g/mol. The molecule has 0 bridgehead atoms. The van der Waals surface area contributed by atoms with Crippen molar-refractivity contribution >= 4 is 17.8 Å². The Labute approximate surface area is 112 Å². The molecule has 6 nitrogen and oxygen atoms in total. The van der Waals surface area contributed by atoms with E-state index in [0.717, 1.165) is 0 Å². The van der Waals surface area contributed by atoms with Crippen LogP contribution in [0.15, 0.2) is 0 Å². The van der Waals surface area contributed by atoms with Crippen molar-refractivity contribution in [3.8, 4) is 0 Å². The molecule has 19 heavy (non-hydrogen) atoms. The fraction of sp³-hybridized carbons (Fsp3) is 0.769. The third kappa shape index (κ3) is 5.28. The van der Waals surface area contributed by atoms with Crippen molar-refractivity contribution in [2.75, 3.05) is 6.54 Å². The highest BCUT2D eigenvalue weighted by atomic mass is 16.4. The first-order chi connectivity index (χ1) is 8.69. The van der Waals surface area contributed by atoms with E-state index in [4.69, 9.17) is 5.11 Å². The van der Waals surface area contributed by atoms with Crippen molar-refractivity contribution < 1.29 is 19.5 Å². The minimum atomic E-state index is -0.911. The Kier molecular flexibility index (Phi) is 4.91. The van der Waals surface area contributed by atoms with E-state index < -0.39 is 17.9 Å². The molecule has 3 N–H and O–H groups in total. The van der Waals surface area contributed by atoms with Gasteiger partial charge >= 0.3 is 5.97 Å². The van der Waals surface area contributed by atoms with E-state index in [2.05, 4.69) is 10.6 Å². The number of rotatable bonds is 5. The summed E-state index contributed by atoms with van der Waals surface area (Å²) in [6.45, 7) is 5.98. The Balaban J connectivity index is 2.45. The molecule has 1 saturated heterocycles. The van der Waals surface area contributed by atoms with Gasteiger partial charge in [-0.15, -0.1) is 0 Å². The molecule has 0 aromatic carbocycles. The van der Waals surface area contributed by atoms with Gasteiger partial charge in [-0.25, -0.2) is 0 Å². The maximum Gasteiger partial charge on any atom is 0.308 e. The summed E-state index contributed by atoms with van der Waals surface area (Å²) in [5.41, 5.74) is -0.116. The van der Waals surface area contributed by atoms with E-state index in [0.29, 0.717) is 19.3 Å². The van der Waals surface area contributed by atoms with E-state index in [9.17, 15) is 14.4 Å². The SMILES string of the molecule is CC(C)(C)CC(CNC(=O)C1CCC(=O)N1)C(=O)O. The predicted octanol–water partition coefficient (Wildman–Crippen LogP) is 0.518. The number of carboxylic acids is 1. The fourth-order valence-corrected chi connectivity index (χ4v) is 2.14. The highest BCUT2D eigenvalue weighted by Crippen LogP contribution is 2.24. The lowest BCUT2D eigenvalue weighted by Gasteiger charge is -2.23. The summed E-state index contributed by atoms with van der Waals surface area (Å²) < 4.78 is 0. The summed E-state index contributed by atoms with van der Waals surface area (Å²) in [5.74, 6) is -1.96. The molecule has 1 rings (SSSR count). The van der Waals surface area contributed by atoms with Crippen LogP contribution in [0, 0.1) is 11.3 Å². The number of amides is 2. The molecule has 0 radical (unpaired) electrons. The number of nitrogens with one attached hydrogen (secondary N) is 2. The van der Waals surface area contributed by atoms with Gasteiger partial charge in [0.1, 0.15) is 6.04 Å². The van der Waals surface area contributed by atoms with Crippen LogP contribution in [0.5, 0.6) is 0 Å². The van der Waals surface area contributed by atoms with Crippen LogP contribution in [-0.2, 0) is 14.4 Å². The molecule has 0 aromatic heterocycles. The van der Waals surface area contributed by atoms with Crippen molar-refractivity contribution in [2.24, 2.45) is 11.3 Å². The first kappa shape index (κ1) is 15.5. The summed E-state index contributed by atoms with van der Waals surface area (Å²) in [6.07, 6.45) is 1.31. The van der Waals surface area contributed by atoms with Gasteiger partial charge in [-0.05, 0) is 18.3 Å². The van der Waals surface area contributed by atoms with Gasteiger partial charge in [0.15, 0.2) is 0 Å². The molecule has 2 unspecified atom stereocenters. The van der Waals surface area contributed by atoms with Crippen LogP contribution in [0.1, 0.15) is 40.0 Å². The molecule has 108 valence electrons. The van der Waals surface area contributed by atoms with E-state index >= 15 is 0 Å². The normalized spacial score (nSPS) is 20.8. The lowest BCUT2D eigenvalue weighted by molar-refractivity contribution is -0.142. The molecule has 2 amide bonds. The summed E-state index contributed by atoms with van der Waals surface area (Å²) in [5, 5.41) is 14.3. The zero-order valence-electron chi connectivity index (χ0n) is 11.7. The van der Waals surface area contributed by atoms with Gasteiger partial charge in [-0.1, -0.05) is 20.8 Å². The molecule has 1 heterocycles. The second-order valence-corrected chi connectivity index (χ2v) is 6.20. The number of aliphatic carboxylic acids is 1. The zero-order valence-corrected chi connectivity index (χ0v) is 11.7. The number of hydrogen-bond donors (Lipinski definition) is 3. The van der Waals surface area contributed by atoms with Gasteiger partial charge in [0.2, 0.25) is 11.8 Å². The molecular weight excluding hydrogens is 248 g/mol. The van der Waals surface area contributed by atoms with E-state index in [-0.39, 0.29) is 23.8 Å². The molecule has 2 atom stereocenters. The fourth-order valence-electron chi connectivity index (χ4n) is 2.14. The molecular formula is C13H22N2O4. The quantitative estimate of drug-likeness (QED) is 0.678. The van der Waals surface area contributed by atoms with Crippen molar-refractivity contribution in [1.29, 1.82) is 0 Å². The van der Waals surface area contributed by atoms with Crippen molar-refractivity contribution in [1.82, 2.24) is 10.6 Å². The summed E-state index contributed by atoms with van der Waals surface area (Å²) >= 11 is 0. The average Bonchev–Trinajstić information content (AvgIpc) is 2.68. The Morgan fingerprint density at radius 3 is 2.53 bits per heavy atom. The molecule has 6 heteroatoms. The maximum absolute atomic E-state index is 11.8. The van der Waals surface area contributed by atoms with Gasteiger partial charge in [-0.3, -0.25) is 14.4 Å². The van der Waals surface area contributed by atoms with E-state index in [1.807, 2.05) is 20.8 Å². The summed E-state index contributed by atoms with van der Waals surface area (Å²) in [6, 6.07) is -0.517. The van der Waals surface area contributed by atoms with Crippen molar-refractivity contribution in [2.45, 2.75) is 46.1 Å². The predicted molar refractivity (Wildman–Crippen MR) is 69.4 cm³/mol. The molecule has 0 aromatic rings. The smallest absolute Gasteiger partial charge is 0.308 e. The lowest BCUT2D eigenvalue weighted by Crippen LogP contribution is -2.44. The molecule has 0 aliphatic carbocycles. The molecule has 1 aliphatic heterocycles. The Bertz CT molecular complexity index is 373. The van der Waals surface area contributed by atoms with Gasteiger partial charge in [-0.2, -0.15) is 0 Å². The lowest BCUT2D eigenvalue weighted by atomic mass is 9.84. The minimum absolute atomic E-state index is 0.0950. The first-order valence-corrected chi connectivity index (χ1v) is 6.49. The van der Waals surface area contributed by atoms with Crippen LogP contribution in [0.4, 0.5) is 0 Å². The zero-order chi connectivity index (χ0) is 14.6. The largest absolute Gasteiger partial charge is 0.481 e. The topological polar surface area (TPSA) is 95.5 Å².